The summed E-state index contributed by atoms with van der Waals surface area (Å²) < 4.78 is 32.2. The number of carbonyl (C=O) groups is 1. The lowest BCUT2D eigenvalue weighted by Crippen LogP contribution is -2.43. The zero-order chi connectivity index (χ0) is 17.6. The van der Waals surface area contributed by atoms with Gasteiger partial charge in [0.15, 0.2) is 0 Å². The first kappa shape index (κ1) is 17.5. The number of hydrogen-bond donors (Lipinski definition) is 0. The van der Waals surface area contributed by atoms with E-state index in [1.165, 1.54) is 12.1 Å². The number of halogens is 2. The standard InChI is InChI=1S/C20H21F2NO2/c21-17-9-16(10-18(22)12-17)14-25-19-7-4-8-23(13-19)20(24)11-15-5-2-1-3-6-15/h1-3,5-6,9-10,12,19H,4,7-8,11,13-14H2/t19-/m1/s1. The number of hydrogen-bond acceptors (Lipinski definition) is 2. The average Bonchev–Trinajstić information content (AvgIpc) is 2.60. The van der Waals surface area contributed by atoms with Gasteiger partial charge in [-0.15, -0.1) is 0 Å². The van der Waals surface area contributed by atoms with E-state index >= 15 is 0 Å². The topological polar surface area (TPSA) is 29.5 Å². The molecule has 2 aromatic rings. The zero-order valence-corrected chi connectivity index (χ0v) is 14.0. The predicted octanol–water partition coefficient (Wildman–Crippen LogP) is 3.72. The molecular formula is C20H21F2NO2. The summed E-state index contributed by atoms with van der Waals surface area (Å²) >= 11 is 0. The lowest BCUT2D eigenvalue weighted by Gasteiger charge is -2.33. The van der Waals surface area contributed by atoms with Crippen molar-refractivity contribution in [1.29, 1.82) is 0 Å². The monoisotopic (exact) mass is 345 g/mol. The van der Waals surface area contributed by atoms with Crippen LogP contribution in [0.4, 0.5) is 8.78 Å². The third-order valence-corrected chi connectivity index (χ3v) is 4.34. The van der Waals surface area contributed by atoms with Crippen LogP contribution in [-0.4, -0.2) is 30.0 Å². The lowest BCUT2D eigenvalue weighted by molar-refractivity contribution is -0.134. The second-order valence-electron chi connectivity index (χ2n) is 6.36. The Labute approximate surface area is 146 Å². The van der Waals surface area contributed by atoms with E-state index in [9.17, 15) is 13.6 Å². The fourth-order valence-corrected chi connectivity index (χ4v) is 3.09. The first-order valence-corrected chi connectivity index (χ1v) is 8.48. The fourth-order valence-electron chi connectivity index (χ4n) is 3.09. The van der Waals surface area contributed by atoms with E-state index < -0.39 is 11.6 Å². The summed E-state index contributed by atoms with van der Waals surface area (Å²) in [6, 6.07) is 13.0. The number of nitrogens with zero attached hydrogens (tertiary/aromatic N) is 1. The normalized spacial score (nSPS) is 17.5. The van der Waals surface area contributed by atoms with Crippen molar-refractivity contribution in [2.75, 3.05) is 13.1 Å². The van der Waals surface area contributed by atoms with E-state index in [4.69, 9.17) is 4.74 Å². The highest BCUT2D eigenvalue weighted by Gasteiger charge is 2.24. The van der Waals surface area contributed by atoms with Crippen LogP contribution in [0, 0.1) is 11.6 Å². The van der Waals surface area contributed by atoms with Gasteiger partial charge in [-0.3, -0.25) is 4.79 Å². The van der Waals surface area contributed by atoms with Crippen molar-refractivity contribution < 1.29 is 18.3 Å². The summed E-state index contributed by atoms with van der Waals surface area (Å²) in [5.41, 5.74) is 1.45. The van der Waals surface area contributed by atoms with Crippen LogP contribution >= 0.6 is 0 Å². The van der Waals surface area contributed by atoms with E-state index in [0.29, 0.717) is 18.5 Å². The van der Waals surface area contributed by atoms with Crippen LogP contribution in [0.15, 0.2) is 48.5 Å². The Kier molecular flexibility index (Phi) is 5.76. The van der Waals surface area contributed by atoms with Crippen molar-refractivity contribution in [3.05, 3.63) is 71.3 Å². The maximum atomic E-state index is 13.2. The molecule has 2 aromatic carbocycles. The largest absolute Gasteiger partial charge is 0.372 e. The first-order valence-electron chi connectivity index (χ1n) is 8.48. The number of benzene rings is 2. The highest BCUT2D eigenvalue weighted by molar-refractivity contribution is 5.78. The van der Waals surface area contributed by atoms with Crippen LogP contribution in [0.2, 0.25) is 0 Å². The zero-order valence-electron chi connectivity index (χ0n) is 14.0. The van der Waals surface area contributed by atoms with Crippen LogP contribution < -0.4 is 0 Å². The molecule has 3 rings (SSSR count). The van der Waals surface area contributed by atoms with Crippen LogP contribution in [0.25, 0.3) is 0 Å². The fraction of sp³-hybridized carbons (Fsp3) is 0.350. The molecule has 25 heavy (non-hydrogen) atoms. The maximum Gasteiger partial charge on any atom is 0.227 e. The van der Waals surface area contributed by atoms with Gasteiger partial charge in [-0.05, 0) is 36.1 Å². The van der Waals surface area contributed by atoms with Crippen LogP contribution in [0.1, 0.15) is 24.0 Å². The maximum absolute atomic E-state index is 13.2. The van der Waals surface area contributed by atoms with Crippen LogP contribution in [0.3, 0.4) is 0 Å². The summed E-state index contributed by atoms with van der Waals surface area (Å²) in [6.07, 6.45) is 1.97. The molecule has 1 saturated heterocycles. The van der Waals surface area contributed by atoms with E-state index in [1.807, 2.05) is 35.2 Å². The van der Waals surface area contributed by atoms with E-state index in [0.717, 1.165) is 31.0 Å². The number of likely N-dealkylation sites (tertiary alicyclic amines) is 1. The molecule has 1 fully saturated rings. The van der Waals surface area contributed by atoms with Gasteiger partial charge in [0, 0.05) is 19.2 Å². The molecule has 0 radical (unpaired) electrons. The van der Waals surface area contributed by atoms with Gasteiger partial charge in [-0.25, -0.2) is 8.78 Å². The molecule has 0 unspecified atom stereocenters. The van der Waals surface area contributed by atoms with E-state index in [1.54, 1.807) is 0 Å². The molecule has 1 aliphatic heterocycles. The lowest BCUT2D eigenvalue weighted by atomic mass is 10.1. The van der Waals surface area contributed by atoms with Crippen molar-refractivity contribution in [3.8, 4) is 0 Å². The van der Waals surface area contributed by atoms with Crippen molar-refractivity contribution in [2.24, 2.45) is 0 Å². The SMILES string of the molecule is O=C(Cc1ccccc1)N1CCC[C@@H](OCc2cc(F)cc(F)c2)C1. The smallest absolute Gasteiger partial charge is 0.227 e. The average molecular weight is 345 g/mol. The summed E-state index contributed by atoms with van der Waals surface area (Å²) in [6.45, 7) is 1.38. The van der Waals surface area contributed by atoms with Crippen molar-refractivity contribution in [2.45, 2.75) is 32.0 Å². The summed E-state index contributed by atoms with van der Waals surface area (Å²) in [7, 11) is 0. The Hall–Kier alpha value is -2.27. The molecule has 3 nitrogen and oxygen atoms in total. The summed E-state index contributed by atoms with van der Waals surface area (Å²) in [4.78, 5) is 14.3. The van der Waals surface area contributed by atoms with Gasteiger partial charge < -0.3 is 9.64 Å². The molecule has 1 atom stereocenters. The second kappa shape index (κ2) is 8.21. The van der Waals surface area contributed by atoms with Crippen molar-refractivity contribution >= 4 is 5.91 Å². The Morgan fingerprint density at radius 1 is 1.08 bits per heavy atom. The van der Waals surface area contributed by atoms with Crippen LogP contribution in [0.5, 0.6) is 0 Å². The molecule has 0 saturated carbocycles. The first-order chi connectivity index (χ1) is 12.1. The highest BCUT2D eigenvalue weighted by Crippen LogP contribution is 2.17. The number of piperidine rings is 1. The van der Waals surface area contributed by atoms with E-state index in [-0.39, 0.29) is 18.6 Å². The van der Waals surface area contributed by atoms with Gasteiger partial charge in [0.2, 0.25) is 5.91 Å². The third kappa shape index (κ3) is 5.10. The molecule has 0 aliphatic carbocycles. The molecular weight excluding hydrogens is 324 g/mol. The number of rotatable bonds is 5. The van der Waals surface area contributed by atoms with Gasteiger partial charge in [0.05, 0.1) is 19.1 Å². The van der Waals surface area contributed by atoms with Crippen molar-refractivity contribution in [1.82, 2.24) is 4.90 Å². The summed E-state index contributed by atoms with van der Waals surface area (Å²) in [5, 5.41) is 0. The molecule has 1 aliphatic rings. The highest BCUT2D eigenvalue weighted by atomic mass is 19.1. The van der Waals surface area contributed by atoms with Gasteiger partial charge in [-0.2, -0.15) is 0 Å². The predicted molar refractivity (Wildman–Crippen MR) is 90.9 cm³/mol. The molecule has 1 heterocycles. The Balaban J connectivity index is 1.53. The van der Waals surface area contributed by atoms with Gasteiger partial charge in [0.1, 0.15) is 11.6 Å². The molecule has 0 N–H and O–H groups in total. The molecule has 0 spiro atoms. The molecule has 1 amide bonds. The summed E-state index contributed by atoms with van der Waals surface area (Å²) in [5.74, 6) is -1.14. The van der Waals surface area contributed by atoms with Gasteiger partial charge in [-0.1, -0.05) is 30.3 Å². The number of carbonyl (C=O) groups excluding carboxylic acids is 1. The minimum Gasteiger partial charge on any atom is -0.372 e. The Bertz CT molecular complexity index is 701. The molecule has 0 bridgehead atoms. The molecule has 5 heteroatoms. The third-order valence-electron chi connectivity index (χ3n) is 4.34. The second-order valence-corrected chi connectivity index (χ2v) is 6.36. The minimum absolute atomic E-state index is 0.0799. The number of amides is 1. The van der Waals surface area contributed by atoms with Crippen LogP contribution in [-0.2, 0) is 22.6 Å². The number of ether oxygens (including phenoxy) is 1. The Morgan fingerprint density at radius 2 is 1.80 bits per heavy atom. The molecule has 0 aromatic heterocycles. The van der Waals surface area contributed by atoms with E-state index in [2.05, 4.69) is 0 Å². The molecule has 132 valence electrons. The quantitative estimate of drug-likeness (QED) is 0.827. The Morgan fingerprint density at radius 3 is 2.52 bits per heavy atom. The minimum atomic E-state index is -0.609. The van der Waals surface area contributed by atoms with Crippen molar-refractivity contribution in [3.63, 3.8) is 0 Å². The van der Waals surface area contributed by atoms with Gasteiger partial charge >= 0.3 is 0 Å². The van der Waals surface area contributed by atoms with Gasteiger partial charge in [0.25, 0.3) is 0 Å².